The van der Waals surface area contributed by atoms with Crippen LogP contribution in [-0.4, -0.2) is 34.2 Å². The van der Waals surface area contributed by atoms with Crippen LogP contribution in [0.2, 0.25) is 0 Å². The molecule has 1 unspecified atom stereocenters. The van der Waals surface area contributed by atoms with Gasteiger partial charge in [-0.3, -0.25) is 4.79 Å². The van der Waals surface area contributed by atoms with Crippen LogP contribution in [0.1, 0.15) is 28.3 Å². The number of carbonyl (C=O) groups excluding carboxylic acids is 1. The van der Waals surface area contributed by atoms with Crippen LogP contribution in [0, 0.1) is 12.8 Å². The summed E-state index contributed by atoms with van der Waals surface area (Å²) in [5, 5.41) is 3.84. The molecular weight excluding hydrogens is 288 g/mol. The number of aryl methyl sites for hydroxylation is 1. The van der Waals surface area contributed by atoms with E-state index in [1.807, 2.05) is 17.2 Å². The van der Waals surface area contributed by atoms with Gasteiger partial charge in [0, 0.05) is 23.8 Å². The zero-order valence-electron chi connectivity index (χ0n) is 9.28. The second kappa shape index (κ2) is 5.27. The third-order valence-electron chi connectivity index (χ3n) is 2.93. The highest BCUT2D eigenvalue weighted by molar-refractivity contribution is 9.09. The molecule has 1 atom stereocenters. The second-order valence-corrected chi connectivity index (χ2v) is 5.99. The molecule has 0 radical (unpaired) electrons. The van der Waals surface area contributed by atoms with Gasteiger partial charge in [0.1, 0.15) is 5.69 Å². The molecule has 1 aromatic rings. The molecule has 5 heteroatoms. The van der Waals surface area contributed by atoms with Gasteiger partial charge in [-0.2, -0.15) is 0 Å². The highest BCUT2D eigenvalue weighted by Crippen LogP contribution is 2.22. The van der Waals surface area contributed by atoms with Crippen molar-refractivity contribution in [2.75, 3.05) is 18.4 Å². The number of alkyl halides is 1. The van der Waals surface area contributed by atoms with Gasteiger partial charge in [-0.15, -0.1) is 11.3 Å². The zero-order chi connectivity index (χ0) is 11.5. The van der Waals surface area contributed by atoms with E-state index in [-0.39, 0.29) is 5.91 Å². The lowest BCUT2D eigenvalue weighted by atomic mass is 10.1. The Hall–Kier alpha value is -0.420. The number of rotatable bonds is 3. The average molecular weight is 303 g/mol. The molecule has 1 saturated heterocycles. The lowest BCUT2D eigenvalue weighted by molar-refractivity contribution is 0.0782. The van der Waals surface area contributed by atoms with E-state index in [0.29, 0.717) is 11.6 Å². The van der Waals surface area contributed by atoms with Crippen LogP contribution in [0.4, 0.5) is 0 Å². The number of halogens is 1. The maximum absolute atomic E-state index is 12.1. The first kappa shape index (κ1) is 12.0. The van der Waals surface area contributed by atoms with E-state index >= 15 is 0 Å². The maximum atomic E-state index is 12.1. The number of carbonyl (C=O) groups is 1. The Morgan fingerprint density at radius 2 is 2.56 bits per heavy atom. The standard InChI is InChI=1S/C11H15BrN2OS/c1-8-13-10(7-16-8)11(15)14-5-3-9(6-14)2-4-12/h7,9H,2-6H2,1H3. The molecule has 0 bridgehead atoms. The largest absolute Gasteiger partial charge is 0.337 e. The van der Waals surface area contributed by atoms with Crippen molar-refractivity contribution >= 4 is 33.2 Å². The highest BCUT2D eigenvalue weighted by atomic mass is 79.9. The van der Waals surface area contributed by atoms with Crippen LogP contribution in [0.5, 0.6) is 0 Å². The summed E-state index contributed by atoms with van der Waals surface area (Å²) in [4.78, 5) is 18.2. The van der Waals surface area contributed by atoms with E-state index in [4.69, 9.17) is 0 Å². The minimum absolute atomic E-state index is 0.0985. The first-order valence-corrected chi connectivity index (χ1v) is 7.48. The Morgan fingerprint density at radius 1 is 1.75 bits per heavy atom. The van der Waals surface area contributed by atoms with Crippen LogP contribution >= 0.6 is 27.3 Å². The van der Waals surface area contributed by atoms with E-state index in [1.165, 1.54) is 11.3 Å². The average Bonchev–Trinajstić information content (AvgIpc) is 2.87. The lowest BCUT2D eigenvalue weighted by Gasteiger charge is -2.14. The van der Waals surface area contributed by atoms with Crippen molar-refractivity contribution in [3.8, 4) is 0 Å². The number of amides is 1. The van der Waals surface area contributed by atoms with Crippen molar-refractivity contribution in [3.05, 3.63) is 16.1 Å². The summed E-state index contributed by atoms with van der Waals surface area (Å²) in [6.45, 7) is 3.70. The van der Waals surface area contributed by atoms with Gasteiger partial charge in [-0.1, -0.05) is 15.9 Å². The summed E-state index contributed by atoms with van der Waals surface area (Å²) >= 11 is 4.99. The summed E-state index contributed by atoms with van der Waals surface area (Å²) in [5.41, 5.74) is 0.613. The van der Waals surface area contributed by atoms with Crippen LogP contribution < -0.4 is 0 Å². The molecule has 1 amide bonds. The predicted octanol–water partition coefficient (Wildman–Crippen LogP) is 2.70. The molecular formula is C11H15BrN2OS. The lowest BCUT2D eigenvalue weighted by Crippen LogP contribution is -2.29. The van der Waals surface area contributed by atoms with Crippen LogP contribution in [-0.2, 0) is 0 Å². The first-order chi connectivity index (χ1) is 7.70. The van der Waals surface area contributed by atoms with Gasteiger partial charge in [-0.25, -0.2) is 4.98 Å². The topological polar surface area (TPSA) is 33.2 Å². The summed E-state index contributed by atoms with van der Waals surface area (Å²) in [6.07, 6.45) is 2.28. The quantitative estimate of drug-likeness (QED) is 0.804. The van der Waals surface area contributed by atoms with Gasteiger partial charge in [0.05, 0.1) is 5.01 Å². The zero-order valence-corrected chi connectivity index (χ0v) is 11.7. The molecule has 1 fully saturated rings. The summed E-state index contributed by atoms with van der Waals surface area (Å²) in [7, 11) is 0. The van der Waals surface area contributed by atoms with Crippen molar-refractivity contribution in [1.82, 2.24) is 9.88 Å². The van der Waals surface area contributed by atoms with Gasteiger partial charge < -0.3 is 4.90 Å². The van der Waals surface area contributed by atoms with E-state index in [1.54, 1.807) is 0 Å². The van der Waals surface area contributed by atoms with Gasteiger partial charge in [0.2, 0.25) is 0 Å². The van der Waals surface area contributed by atoms with Crippen LogP contribution in [0.25, 0.3) is 0 Å². The van der Waals surface area contributed by atoms with E-state index in [2.05, 4.69) is 20.9 Å². The van der Waals surface area contributed by atoms with Crippen LogP contribution in [0.3, 0.4) is 0 Å². The van der Waals surface area contributed by atoms with E-state index in [9.17, 15) is 4.79 Å². The van der Waals surface area contributed by atoms with E-state index < -0.39 is 0 Å². The van der Waals surface area contributed by atoms with Gasteiger partial charge in [-0.05, 0) is 25.7 Å². The Labute approximate surface area is 108 Å². The van der Waals surface area contributed by atoms with Crippen molar-refractivity contribution < 1.29 is 4.79 Å². The Morgan fingerprint density at radius 3 is 3.19 bits per heavy atom. The summed E-state index contributed by atoms with van der Waals surface area (Å²) in [6, 6.07) is 0. The van der Waals surface area contributed by atoms with E-state index in [0.717, 1.165) is 36.3 Å². The predicted molar refractivity (Wildman–Crippen MR) is 69.3 cm³/mol. The number of aromatic nitrogens is 1. The molecule has 2 heterocycles. The molecule has 88 valence electrons. The Kier molecular flexibility index (Phi) is 3.97. The fourth-order valence-corrected chi connectivity index (χ4v) is 3.26. The monoisotopic (exact) mass is 302 g/mol. The Bertz CT molecular complexity index is 380. The molecule has 1 aliphatic heterocycles. The molecule has 1 aliphatic rings. The smallest absolute Gasteiger partial charge is 0.273 e. The Balaban J connectivity index is 1.97. The van der Waals surface area contributed by atoms with Crippen molar-refractivity contribution in [1.29, 1.82) is 0 Å². The van der Waals surface area contributed by atoms with Crippen molar-refractivity contribution in [2.45, 2.75) is 19.8 Å². The molecule has 3 nitrogen and oxygen atoms in total. The fraction of sp³-hybridized carbons (Fsp3) is 0.636. The summed E-state index contributed by atoms with van der Waals surface area (Å²) < 4.78 is 0. The van der Waals surface area contributed by atoms with Crippen molar-refractivity contribution in [3.63, 3.8) is 0 Å². The normalized spacial score (nSPS) is 20.4. The van der Waals surface area contributed by atoms with Crippen molar-refractivity contribution in [2.24, 2.45) is 5.92 Å². The molecule has 0 aromatic carbocycles. The molecule has 0 spiro atoms. The minimum atomic E-state index is 0.0985. The number of hydrogen-bond acceptors (Lipinski definition) is 3. The number of nitrogens with zero attached hydrogens (tertiary/aromatic N) is 2. The third kappa shape index (κ3) is 2.63. The number of likely N-dealkylation sites (tertiary alicyclic amines) is 1. The first-order valence-electron chi connectivity index (χ1n) is 5.48. The fourth-order valence-electron chi connectivity index (χ4n) is 2.03. The molecule has 2 rings (SSSR count). The third-order valence-corrected chi connectivity index (χ3v) is 4.16. The SMILES string of the molecule is Cc1nc(C(=O)N2CCC(CCBr)C2)cs1. The van der Waals surface area contributed by atoms with Gasteiger partial charge in [0.25, 0.3) is 5.91 Å². The molecule has 0 N–H and O–H groups in total. The molecule has 16 heavy (non-hydrogen) atoms. The number of thiazole rings is 1. The number of hydrogen-bond donors (Lipinski definition) is 0. The molecule has 1 aromatic heterocycles. The maximum Gasteiger partial charge on any atom is 0.273 e. The summed E-state index contributed by atoms with van der Waals surface area (Å²) in [5.74, 6) is 0.754. The van der Waals surface area contributed by atoms with Crippen LogP contribution in [0.15, 0.2) is 5.38 Å². The second-order valence-electron chi connectivity index (χ2n) is 4.14. The highest BCUT2D eigenvalue weighted by Gasteiger charge is 2.27. The minimum Gasteiger partial charge on any atom is -0.337 e. The van der Waals surface area contributed by atoms with Gasteiger partial charge >= 0.3 is 0 Å². The van der Waals surface area contributed by atoms with Gasteiger partial charge in [0.15, 0.2) is 0 Å². The molecule has 0 aliphatic carbocycles. The molecule has 0 saturated carbocycles.